The first-order chi connectivity index (χ1) is 11.8. The van der Waals surface area contributed by atoms with Crippen molar-refractivity contribution in [1.82, 2.24) is 10.7 Å². The SMILES string of the molecule is COc1cc(/C=N\NC(=O)C(=O)NCC(C)C)ccc1OCC(N)=O. The quantitative estimate of drug-likeness (QED) is 0.339. The fourth-order valence-corrected chi connectivity index (χ4v) is 1.63. The lowest BCUT2D eigenvalue weighted by atomic mass is 10.2. The number of primary amides is 1. The van der Waals surface area contributed by atoms with Crippen molar-refractivity contribution in [2.45, 2.75) is 13.8 Å². The lowest BCUT2D eigenvalue weighted by Gasteiger charge is -2.09. The maximum absolute atomic E-state index is 11.5. The number of hydrazone groups is 1. The Morgan fingerprint density at radius 3 is 2.56 bits per heavy atom. The number of methoxy groups -OCH3 is 1. The van der Waals surface area contributed by atoms with Crippen LogP contribution in [0.25, 0.3) is 0 Å². The number of ether oxygens (including phenoxy) is 2. The van der Waals surface area contributed by atoms with Crippen molar-refractivity contribution >= 4 is 23.9 Å². The van der Waals surface area contributed by atoms with E-state index in [1.165, 1.54) is 13.3 Å². The second-order valence-electron chi connectivity index (χ2n) is 5.47. The Balaban J connectivity index is 2.63. The van der Waals surface area contributed by atoms with Crippen LogP contribution in [-0.2, 0) is 14.4 Å². The van der Waals surface area contributed by atoms with E-state index in [1.54, 1.807) is 18.2 Å². The Hall–Kier alpha value is -3.10. The van der Waals surface area contributed by atoms with E-state index in [4.69, 9.17) is 15.2 Å². The Bertz CT molecular complexity index is 658. The summed E-state index contributed by atoms with van der Waals surface area (Å²) in [6, 6.07) is 4.79. The average molecular weight is 350 g/mol. The van der Waals surface area contributed by atoms with Gasteiger partial charge in [0.15, 0.2) is 18.1 Å². The van der Waals surface area contributed by atoms with Crippen LogP contribution < -0.4 is 25.9 Å². The van der Waals surface area contributed by atoms with Crippen molar-refractivity contribution in [1.29, 1.82) is 0 Å². The predicted molar refractivity (Wildman–Crippen MR) is 91.3 cm³/mol. The van der Waals surface area contributed by atoms with E-state index in [9.17, 15) is 14.4 Å². The summed E-state index contributed by atoms with van der Waals surface area (Å²) in [7, 11) is 1.44. The normalized spacial score (nSPS) is 10.6. The van der Waals surface area contributed by atoms with Crippen LogP contribution in [-0.4, -0.2) is 44.2 Å². The highest BCUT2D eigenvalue weighted by Crippen LogP contribution is 2.27. The average Bonchev–Trinajstić information content (AvgIpc) is 2.57. The molecule has 25 heavy (non-hydrogen) atoms. The second-order valence-corrected chi connectivity index (χ2v) is 5.47. The topological polar surface area (TPSA) is 132 Å². The number of benzene rings is 1. The number of carbonyl (C=O) groups excluding carboxylic acids is 3. The molecule has 0 bridgehead atoms. The molecule has 0 radical (unpaired) electrons. The van der Waals surface area contributed by atoms with Crippen LogP contribution >= 0.6 is 0 Å². The number of amides is 3. The first kappa shape index (κ1) is 19.9. The fourth-order valence-electron chi connectivity index (χ4n) is 1.63. The monoisotopic (exact) mass is 350 g/mol. The van der Waals surface area contributed by atoms with E-state index in [1.807, 2.05) is 13.8 Å². The van der Waals surface area contributed by atoms with Gasteiger partial charge < -0.3 is 20.5 Å². The van der Waals surface area contributed by atoms with Gasteiger partial charge in [0.1, 0.15) is 0 Å². The summed E-state index contributed by atoms with van der Waals surface area (Å²) >= 11 is 0. The zero-order valence-corrected chi connectivity index (χ0v) is 14.4. The van der Waals surface area contributed by atoms with Crippen molar-refractivity contribution in [2.75, 3.05) is 20.3 Å². The molecular formula is C16H22N4O5. The molecule has 0 aliphatic rings. The van der Waals surface area contributed by atoms with E-state index in [-0.39, 0.29) is 12.5 Å². The zero-order valence-electron chi connectivity index (χ0n) is 14.4. The van der Waals surface area contributed by atoms with Gasteiger partial charge in [-0.15, -0.1) is 0 Å². The molecule has 0 fully saturated rings. The number of nitrogens with two attached hydrogens (primary N) is 1. The van der Waals surface area contributed by atoms with Crippen LogP contribution in [0.2, 0.25) is 0 Å². The molecule has 9 heteroatoms. The predicted octanol–water partition coefficient (Wildman–Crippen LogP) is -0.218. The molecule has 136 valence electrons. The van der Waals surface area contributed by atoms with Gasteiger partial charge in [0, 0.05) is 6.54 Å². The number of rotatable bonds is 8. The summed E-state index contributed by atoms with van der Waals surface area (Å²) in [4.78, 5) is 33.8. The molecule has 0 aliphatic carbocycles. The van der Waals surface area contributed by atoms with Gasteiger partial charge in [-0.2, -0.15) is 5.10 Å². The summed E-state index contributed by atoms with van der Waals surface area (Å²) in [6.45, 7) is 3.96. The third kappa shape index (κ3) is 7.34. The van der Waals surface area contributed by atoms with Gasteiger partial charge in [-0.1, -0.05) is 13.8 Å². The van der Waals surface area contributed by atoms with Crippen molar-refractivity contribution in [3.05, 3.63) is 23.8 Å². The molecule has 1 rings (SSSR count). The zero-order chi connectivity index (χ0) is 18.8. The van der Waals surface area contributed by atoms with E-state index in [0.29, 0.717) is 23.6 Å². The number of hydrogen-bond acceptors (Lipinski definition) is 6. The summed E-state index contributed by atoms with van der Waals surface area (Å²) < 4.78 is 10.3. The molecule has 0 saturated carbocycles. The van der Waals surface area contributed by atoms with Crippen molar-refractivity contribution in [3.63, 3.8) is 0 Å². The molecule has 0 atom stereocenters. The summed E-state index contributed by atoms with van der Waals surface area (Å²) in [5.74, 6) is -1.26. The van der Waals surface area contributed by atoms with Crippen LogP contribution in [0.15, 0.2) is 23.3 Å². The Kier molecular flexibility index (Phi) is 7.91. The molecule has 0 aliphatic heterocycles. The standard InChI is InChI=1S/C16H22N4O5/c1-10(2)7-18-15(22)16(23)20-19-8-11-4-5-12(13(6-11)24-3)25-9-14(17)21/h4-6,8,10H,7,9H2,1-3H3,(H2,17,21)(H,18,22)(H,20,23)/b19-8-. The smallest absolute Gasteiger partial charge is 0.329 e. The highest BCUT2D eigenvalue weighted by atomic mass is 16.5. The molecule has 1 aromatic rings. The summed E-state index contributed by atoms with van der Waals surface area (Å²) in [6.07, 6.45) is 1.34. The first-order valence-electron chi connectivity index (χ1n) is 7.53. The number of nitrogens with zero attached hydrogens (tertiary/aromatic N) is 1. The van der Waals surface area contributed by atoms with Gasteiger partial charge in [-0.05, 0) is 29.7 Å². The number of hydrogen-bond donors (Lipinski definition) is 3. The van der Waals surface area contributed by atoms with E-state index >= 15 is 0 Å². The molecule has 0 heterocycles. The van der Waals surface area contributed by atoms with Gasteiger partial charge >= 0.3 is 11.8 Å². The lowest BCUT2D eigenvalue weighted by molar-refractivity contribution is -0.139. The Labute approximate surface area is 145 Å². The van der Waals surface area contributed by atoms with E-state index < -0.39 is 17.7 Å². The summed E-state index contributed by atoms with van der Waals surface area (Å²) in [5, 5.41) is 6.19. The molecule has 4 N–H and O–H groups in total. The maximum Gasteiger partial charge on any atom is 0.329 e. The molecule has 0 aromatic heterocycles. The van der Waals surface area contributed by atoms with Crippen LogP contribution in [0.1, 0.15) is 19.4 Å². The van der Waals surface area contributed by atoms with Gasteiger partial charge in [0.2, 0.25) is 0 Å². The van der Waals surface area contributed by atoms with Crippen molar-refractivity contribution in [3.8, 4) is 11.5 Å². The van der Waals surface area contributed by atoms with Crippen LogP contribution in [0.3, 0.4) is 0 Å². The van der Waals surface area contributed by atoms with Gasteiger partial charge in [-0.3, -0.25) is 14.4 Å². The largest absolute Gasteiger partial charge is 0.493 e. The molecule has 0 saturated heterocycles. The van der Waals surface area contributed by atoms with Crippen molar-refractivity contribution in [2.24, 2.45) is 16.8 Å². The number of carbonyl (C=O) groups is 3. The molecule has 0 unspecified atom stereocenters. The third-order valence-corrected chi connectivity index (χ3v) is 2.81. The minimum absolute atomic E-state index is 0.239. The molecular weight excluding hydrogens is 328 g/mol. The van der Waals surface area contributed by atoms with E-state index in [0.717, 1.165) is 0 Å². The third-order valence-electron chi connectivity index (χ3n) is 2.81. The summed E-state index contributed by atoms with van der Waals surface area (Å²) in [5.41, 5.74) is 7.74. The Morgan fingerprint density at radius 1 is 1.24 bits per heavy atom. The van der Waals surface area contributed by atoms with Gasteiger partial charge in [-0.25, -0.2) is 5.43 Å². The maximum atomic E-state index is 11.5. The van der Waals surface area contributed by atoms with E-state index in [2.05, 4.69) is 15.8 Å². The second kappa shape index (κ2) is 9.91. The van der Waals surface area contributed by atoms with Crippen molar-refractivity contribution < 1.29 is 23.9 Å². The minimum Gasteiger partial charge on any atom is -0.493 e. The minimum atomic E-state index is -0.856. The first-order valence-corrected chi connectivity index (χ1v) is 7.53. The van der Waals surface area contributed by atoms with Crippen LogP contribution in [0.5, 0.6) is 11.5 Å². The van der Waals surface area contributed by atoms with Gasteiger partial charge in [0.05, 0.1) is 13.3 Å². The fraction of sp³-hybridized carbons (Fsp3) is 0.375. The number of nitrogens with one attached hydrogen (secondary N) is 2. The molecule has 3 amide bonds. The van der Waals surface area contributed by atoms with Crippen LogP contribution in [0, 0.1) is 5.92 Å². The molecule has 1 aromatic carbocycles. The lowest BCUT2D eigenvalue weighted by Crippen LogP contribution is -2.39. The van der Waals surface area contributed by atoms with Gasteiger partial charge in [0.25, 0.3) is 5.91 Å². The van der Waals surface area contributed by atoms with Crippen LogP contribution in [0.4, 0.5) is 0 Å². The molecule has 9 nitrogen and oxygen atoms in total. The molecule has 0 spiro atoms. The highest BCUT2D eigenvalue weighted by Gasteiger charge is 2.12. The Morgan fingerprint density at radius 2 is 1.96 bits per heavy atom. The highest BCUT2D eigenvalue weighted by molar-refractivity contribution is 6.35.